The topological polar surface area (TPSA) is 58.8 Å². The first-order valence-electron chi connectivity index (χ1n) is 6.37. The van der Waals surface area contributed by atoms with E-state index < -0.39 is 0 Å². The van der Waals surface area contributed by atoms with E-state index in [1.165, 1.54) is 0 Å². The molecule has 2 aromatic heterocycles. The van der Waals surface area contributed by atoms with E-state index in [0.29, 0.717) is 12.4 Å². The van der Waals surface area contributed by atoms with Crippen LogP contribution in [0.1, 0.15) is 26.0 Å². The van der Waals surface area contributed by atoms with Gasteiger partial charge in [-0.2, -0.15) is 4.98 Å². The molecule has 0 saturated carbocycles. The van der Waals surface area contributed by atoms with E-state index in [2.05, 4.69) is 28.5 Å². The molecule has 0 atom stereocenters. The molecular weight excluding hydrogens is 262 g/mol. The van der Waals surface area contributed by atoms with Crippen molar-refractivity contribution in [3.05, 3.63) is 17.3 Å². The Balaban J connectivity index is 2.03. The van der Waals surface area contributed by atoms with Crippen molar-refractivity contribution in [1.29, 1.82) is 0 Å². The van der Waals surface area contributed by atoms with Gasteiger partial charge in [-0.1, -0.05) is 13.8 Å². The normalized spacial score (nSPS) is 12.2. The SMILES string of the molecule is COc1nc2sccn2c1CNCC(C)(C)CCO. The second-order valence-corrected chi connectivity index (χ2v) is 6.24. The highest BCUT2D eigenvalue weighted by Crippen LogP contribution is 2.23. The van der Waals surface area contributed by atoms with Crippen molar-refractivity contribution in [2.75, 3.05) is 20.3 Å². The maximum absolute atomic E-state index is 9.02. The van der Waals surface area contributed by atoms with Crippen LogP contribution in [-0.2, 0) is 6.54 Å². The molecule has 6 heteroatoms. The van der Waals surface area contributed by atoms with Gasteiger partial charge in [0.2, 0.25) is 5.88 Å². The summed E-state index contributed by atoms with van der Waals surface area (Å²) in [5.41, 5.74) is 1.12. The molecule has 0 amide bonds. The highest BCUT2D eigenvalue weighted by molar-refractivity contribution is 7.15. The highest BCUT2D eigenvalue weighted by atomic mass is 32.1. The number of hydrogen-bond acceptors (Lipinski definition) is 5. The standard InChI is InChI=1S/C13H21N3O2S/c1-13(2,4-6-17)9-14-8-10-11(18-3)15-12-16(10)5-7-19-12/h5,7,14,17H,4,6,8-9H2,1-3H3. The van der Waals surface area contributed by atoms with E-state index in [1.54, 1.807) is 18.4 Å². The van der Waals surface area contributed by atoms with Crippen LogP contribution in [0.3, 0.4) is 0 Å². The predicted molar refractivity (Wildman–Crippen MR) is 76.8 cm³/mol. The number of ether oxygens (including phenoxy) is 1. The summed E-state index contributed by atoms with van der Waals surface area (Å²) < 4.78 is 7.36. The molecule has 2 N–H and O–H groups in total. The Morgan fingerprint density at radius 1 is 1.53 bits per heavy atom. The smallest absolute Gasteiger partial charge is 0.237 e. The number of methoxy groups -OCH3 is 1. The van der Waals surface area contributed by atoms with Gasteiger partial charge in [-0.3, -0.25) is 4.40 Å². The summed E-state index contributed by atoms with van der Waals surface area (Å²) in [4.78, 5) is 5.37. The zero-order valence-corrected chi connectivity index (χ0v) is 12.5. The molecule has 0 aliphatic heterocycles. The molecule has 0 unspecified atom stereocenters. The summed E-state index contributed by atoms with van der Waals surface area (Å²) in [6.45, 7) is 6.05. The number of aromatic nitrogens is 2. The molecule has 0 radical (unpaired) electrons. The second-order valence-electron chi connectivity index (χ2n) is 5.36. The summed E-state index contributed by atoms with van der Waals surface area (Å²) in [6, 6.07) is 0. The van der Waals surface area contributed by atoms with Crippen LogP contribution in [0.4, 0.5) is 0 Å². The van der Waals surface area contributed by atoms with Crippen LogP contribution in [0.2, 0.25) is 0 Å². The Morgan fingerprint density at radius 2 is 2.32 bits per heavy atom. The lowest BCUT2D eigenvalue weighted by molar-refractivity contribution is 0.206. The molecule has 0 saturated heterocycles. The number of thiazole rings is 1. The van der Waals surface area contributed by atoms with Crippen LogP contribution in [0.5, 0.6) is 5.88 Å². The van der Waals surface area contributed by atoms with E-state index in [4.69, 9.17) is 9.84 Å². The first kappa shape index (κ1) is 14.3. The third-order valence-electron chi connectivity index (χ3n) is 3.20. The minimum absolute atomic E-state index is 0.0838. The van der Waals surface area contributed by atoms with Crippen molar-refractivity contribution >= 4 is 16.3 Å². The van der Waals surface area contributed by atoms with Crippen molar-refractivity contribution in [3.63, 3.8) is 0 Å². The fourth-order valence-corrected chi connectivity index (χ4v) is 2.77. The van der Waals surface area contributed by atoms with Gasteiger partial charge >= 0.3 is 0 Å². The first-order valence-corrected chi connectivity index (χ1v) is 7.25. The van der Waals surface area contributed by atoms with Gasteiger partial charge in [0, 0.05) is 31.3 Å². The largest absolute Gasteiger partial charge is 0.480 e. The fraction of sp³-hybridized carbons (Fsp3) is 0.615. The lowest BCUT2D eigenvalue weighted by atomic mass is 9.90. The highest BCUT2D eigenvalue weighted by Gasteiger charge is 2.18. The van der Waals surface area contributed by atoms with E-state index in [0.717, 1.165) is 23.6 Å². The number of rotatable bonds is 7. The van der Waals surface area contributed by atoms with Gasteiger partial charge in [-0.25, -0.2) is 0 Å². The van der Waals surface area contributed by atoms with Gasteiger partial charge in [-0.15, -0.1) is 11.3 Å². The molecular formula is C13H21N3O2S. The number of nitrogens with zero attached hydrogens (tertiary/aromatic N) is 2. The molecule has 0 spiro atoms. The van der Waals surface area contributed by atoms with E-state index in [-0.39, 0.29) is 12.0 Å². The van der Waals surface area contributed by atoms with Crippen LogP contribution >= 0.6 is 11.3 Å². The van der Waals surface area contributed by atoms with Gasteiger partial charge in [-0.05, 0) is 11.8 Å². The summed E-state index contributed by atoms with van der Waals surface area (Å²) in [5, 5.41) is 14.5. The van der Waals surface area contributed by atoms with Gasteiger partial charge in [0.25, 0.3) is 0 Å². The van der Waals surface area contributed by atoms with E-state index in [9.17, 15) is 0 Å². The minimum atomic E-state index is 0.0838. The van der Waals surface area contributed by atoms with Gasteiger partial charge in [0.05, 0.1) is 7.11 Å². The Kier molecular flexibility index (Phi) is 4.44. The fourth-order valence-electron chi connectivity index (χ4n) is 2.05. The predicted octanol–water partition coefficient (Wildman–Crippen LogP) is 1.90. The minimum Gasteiger partial charge on any atom is -0.480 e. The van der Waals surface area contributed by atoms with Crippen molar-refractivity contribution in [3.8, 4) is 5.88 Å². The van der Waals surface area contributed by atoms with Crippen LogP contribution in [0, 0.1) is 5.41 Å². The molecule has 106 valence electrons. The molecule has 0 aromatic carbocycles. The number of fused-ring (bicyclic) bond motifs is 1. The van der Waals surface area contributed by atoms with Crippen LogP contribution in [0.25, 0.3) is 4.96 Å². The number of aliphatic hydroxyl groups is 1. The molecule has 0 bridgehead atoms. The van der Waals surface area contributed by atoms with Gasteiger partial charge in [0.1, 0.15) is 5.69 Å². The van der Waals surface area contributed by atoms with Gasteiger partial charge in [0.15, 0.2) is 4.96 Å². The molecule has 0 aliphatic rings. The number of aliphatic hydroxyl groups excluding tert-OH is 1. The maximum atomic E-state index is 9.02. The maximum Gasteiger partial charge on any atom is 0.237 e. The van der Waals surface area contributed by atoms with Crippen molar-refractivity contribution in [2.24, 2.45) is 5.41 Å². The Bertz CT molecular complexity index is 533. The third-order valence-corrected chi connectivity index (χ3v) is 3.96. The molecule has 19 heavy (non-hydrogen) atoms. The van der Waals surface area contributed by atoms with Crippen molar-refractivity contribution in [2.45, 2.75) is 26.8 Å². The average Bonchev–Trinajstić information content (AvgIpc) is 2.90. The van der Waals surface area contributed by atoms with E-state index >= 15 is 0 Å². The van der Waals surface area contributed by atoms with Crippen molar-refractivity contribution in [1.82, 2.24) is 14.7 Å². The molecule has 5 nitrogen and oxygen atoms in total. The number of nitrogens with one attached hydrogen (secondary N) is 1. The lowest BCUT2D eigenvalue weighted by Crippen LogP contribution is -2.30. The average molecular weight is 283 g/mol. The van der Waals surface area contributed by atoms with Gasteiger partial charge < -0.3 is 15.2 Å². The Labute approximate surface area is 117 Å². The molecule has 0 aliphatic carbocycles. The number of hydrogen-bond donors (Lipinski definition) is 2. The molecule has 2 heterocycles. The monoisotopic (exact) mass is 283 g/mol. The molecule has 2 rings (SSSR count). The zero-order chi connectivity index (χ0) is 13.9. The molecule has 0 fully saturated rings. The Hall–Kier alpha value is -1.11. The number of imidazole rings is 1. The Morgan fingerprint density at radius 3 is 3.00 bits per heavy atom. The quantitative estimate of drug-likeness (QED) is 0.815. The van der Waals surface area contributed by atoms with Crippen LogP contribution < -0.4 is 10.1 Å². The summed E-state index contributed by atoms with van der Waals surface area (Å²) in [7, 11) is 1.64. The second kappa shape index (κ2) is 5.90. The summed E-state index contributed by atoms with van der Waals surface area (Å²) in [6.07, 6.45) is 2.79. The summed E-state index contributed by atoms with van der Waals surface area (Å²) >= 11 is 1.60. The zero-order valence-electron chi connectivity index (χ0n) is 11.6. The van der Waals surface area contributed by atoms with Crippen LogP contribution in [-0.4, -0.2) is 34.8 Å². The summed E-state index contributed by atoms with van der Waals surface area (Å²) in [5.74, 6) is 0.680. The first-order chi connectivity index (χ1) is 9.07. The van der Waals surface area contributed by atoms with E-state index in [1.807, 2.05) is 11.6 Å². The third kappa shape index (κ3) is 3.26. The van der Waals surface area contributed by atoms with Crippen molar-refractivity contribution < 1.29 is 9.84 Å². The molecule has 2 aromatic rings. The lowest BCUT2D eigenvalue weighted by Gasteiger charge is -2.23. The van der Waals surface area contributed by atoms with Crippen LogP contribution in [0.15, 0.2) is 11.6 Å².